The number of nitrogens with one attached hydrogen (secondary N) is 2. The molecule has 0 saturated heterocycles. The van der Waals surface area contributed by atoms with E-state index in [0.29, 0.717) is 0 Å². The average molecular weight is 287 g/mol. The quantitative estimate of drug-likeness (QED) is 0.555. The van der Waals surface area contributed by atoms with Gasteiger partial charge in [-0.2, -0.15) is 0 Å². The number of benzene rings is 2. The topological polar surface area (TPSA) is 40.7 Å². The lowest BCUT2D eigenvalue weighted by Gasteiger charge is -2.08. The Labute approximate surface area is 129 Å². The summed E-state index contributed by atoms with van der Waals surface area (Å²) in [6, 6.07) is 18.9. The van der Waals surface area contributed by atoms with Crippen LogP contribution in [0, 0.1) is 0 Å². The predicted octanol–water partition coefficient (Wildman–Crippen LogP) is 5.02. The minimum Gasteiger partial charge on any atom is -0.361 e. The zero-order valence-electron chi connectivity index (χ0n) is 12.4. The Bertz CT molecular complexity index is 953. The number of aromatic amines is 1. The van der Waals surface area contributed by atoms with Crippen molar-refractivity contribution in [1.29, 1.82) is 0 Å². The molecule has 2 heterocycles. The first kappa shape index (κ1) is 12.9. The highest BCUT2D eigenvalue weighted by Gasteiger charge is 2.02. The molecule has 0 radical (unpaired) electrons. The Hall–Kier alpha value is -2.81. The normalized spacial score (nSPS) is 11.1. The fourth-order valence-electron chi connectivity index (χ4n) is 2.73. The summed E-state index contributed by atoms with van der Waals surface area (Å²) in [5.41, 5.74) is 4.50. The fourth-order valence-corrected chi connectivity index (χ4v) is 2.73. The molecule has 0 fully saturated rings. The van der Waals surface area contributed by atoms with Gasteiger partial charge in [-0.25, -0.2) is 4.98 Å². The van der Waals surface area contributed by atoms with Gasteiger partial charge in [-0.1, -0.05) is 25.1 Å². The van der Waals surface area contributed by atoms with E-state index < -0.39 is 0 Å². The van der Waals surface area contributed by atoms with Crippen molar-refractivity contribution >= 4 is 33.3 Å². The van der Waals surface area contributed by atoms with Crippen LogP contribution in [-0.4, -0.2) is 9.97 Å². The summed E-state index contributed by atoms with van der Waals surface area (Å²) < 4.78 is 0. The molecular formula is C19H17N3. The van der Waals surface area contributed by atoms with Crippen LogP contribution >= 0.6 is 0 Å². The molecule has 0 bridgehead atoms. The molecule has 3 nitrogen and oxygen atoms in total. The molecule has 0 amide bonds. The molecule has 0 unspecified atom stereocenters. The molecule has 0 aliphatic rings. The highest BCUT2D eigenvalue weighted by molar-refractivity contribution is 5.85. The molecule has 2 aromatic heterocycles. The highest BCUT2D eigenvalue weighted by atomic mass is 15.0. The number of nitrogens with zero attached hydrogens (tertiary/aromatic N) is 1. The van der Waals surface area contributed by atoms with E-state index in [9.17, 15) is 0 Å². The molecule has 2 N–H and O–H groups in total. The van der Waals surface area contributed by atoms with Crippen LogP contribution in [0.25, 0.3) is 21.8 Å². The molecule has 4 rings (SSSR count). The number of H-pyrrole nitrogens is 1. The van der Waals surface area contributed by atoms with Crippen LogP contribution in [0.15, 0.2) is 60.8 Å². The van der Waals surface area contributed by atoms with Crippen molar-refractivity contribution in [3.63, 3.8) is 0 Å². The molecule has 3 heteroatoms. The van der Waals surface area contributed by atoms with E-state index in [1.54, 1.807) is 0 Å². The zero-order chi connectivity index (χ0) is 14.9. The van der Waals surface area contributed by atoms with Crippen LogP contribution in [0.2, 0.25) is 0 Å². The van der Waals surface area contributed by atoms with Gasteiger partial charge in [-0.05, 0) is 53.8 Å². The first-order valence-corrected chi connectivity index (χ1v) is 7.56. The van der Waals surface area contributed by atoms with Crippen LogP contribution in [-0.2, 0) is 6.42 Å². The first-order valence-electron chi connectivity index (χ1n) is 7.56. The second-order valence-corrected chi connectivity index (χ2v) is 5.48. The minimum absolute atomic E-state index is 0.867. The molecule has 2 aromatic carbocycles. The summed E-state index contributed by atoms with van der Waals surface area (Å²) in [7, 11) is 0. The Kier molecular flexibility index (Phi) is 3.04. The summed E-state index contributed by atoms with van der Waals surface area (Å²) in [4.78, 5) is 7.96. The zero-order valence-corrected chi connectivity index (χ0v) is 12.4. The molecule has 0 atom stereocenters. The van der Waals surface area contributed by atoms with Gasteiger partial charge in [0.25, 0.3) is 0 Å². The summed E-state index contributed by atoms with van der Waals surface area (Å²) >= 11 is 0. The maximum atomic E-state index is 4.73. The number of hydrogen-bond acceptors (Lipinski definition) is 2. The van der Waals surface area contributed by atoms with Crippen molar-refractivity contribution in [2.45, 2.75) is 13.3 Å². The maximum Gasteiger partial charge on any atom is 0.131 e. The third kappa shape index (κ3) is 2.31. The molecule has 22 heavy (non-hydrogen) atoms. The van der Waals surface area contributed by atoms with Gasteiger partial charge >= 0.3 is 0 Å². The van der Waals surface area contributed by atoms with Crippen LogP contribution in [0.1, 0.15) is 12.5 Å². The number of aryl methyl sites for hydroxylation is 1. The Morgan fingerprint density at radius 2 is 1.82 bits per heavy atom. The van der Waals surface area contributed by atoms with Crippen molar-refractivity contribution in [1.82, 2.24) is 9.97 Å². The van der Waals surface area contributed by atoms with Gasteiger partial charge in [0.05, 0.1) is 5.52 Å². The number of hydrogen-bond donors (Lipinski definition) is 2. The number of pyridine rings is 1. The molecule has 0 spiro atoms. The lowest BCUT2D eigenvalue weighted by Crippen LogP contribution is -1.94. The number of anilines is 2. The number of rotatable bonds is 3. The minimum atomic E-state index is 0.867. The van der Waals surface area contributed by atoms with Crippen molar-refractivity contribution in [2.24, 2.45) is 0 Å². The van der Waals surface area contributed by atoms with Crippen LogP contribution in [0.3, 0.4) is 0 Å². The van der Waals surface area contributed by atoms with Gasteiger partial charge in [-0.3, -0.25) is 0 Å². The van der Waals surface area contributed by atoms with Gasteiger partial charge in [-0.15, -0.1) is 0 Å². The van der Waals surface area contributed by atoms with E-state index in [2.05, 4.69) is 65.8 Å². The molecule has 108 valence electrons. The van der Waals surface area contributed by atoms with Gasteiger partial charge in [0.2, 0.25) is 0 Å². The van der Waals surface area contributed by atoms with Crippen molar-refractivity contribution in [3.8, 4) is 0 Å². The van der Waals surface area contributed by atoms with Crippen molar-refractivity contribution < 1.29 is 0 Å². The van der Waals surface area contributed by atoms with Crippen molar-refractivity contribution in [2.75, 3.05) is 5.32 Å². The van der Waals surface area contributed by atoms with E-state index in [1.807, 2.05) is 12.3 Å². The first-order chi connectivity index (χ1) is 10.8. The van der Waals surface area contributed by atoms with Gasteiger partial charge in [0.1, 0.15) is 5.82 Å². The summed E-state index contributed by atoms with van der Waals surface area (Å²) in [5.74, 6) is 0.867. The summed E-state index contributed by atoms with van der Waals surface area (Å²) in [5, 5.41) is 5.77. The number of aromatic nitrogens is 2. The third-order valence-electron chi connectivity index (χ3n) is 3.99. The highest BCUT2D eigenvalue weighted by Crippen LogP contribution is 2.23. The van der Waals surface area contributed by atoms with Gasteiger partial charge in [0, 0.05) is 22.8 Å². The Morgan fingerprint density at radius 3 is 2.73 bits per heavy atom. The second kappa shape index (κ2) is 5.19. The van der Waals surface area contributed by atoms with E-state index in [4.69, 9.17) is 4.98 Å². The van der Waals surface area contributed by atoms with Crippen LogP contribution < -0.4 is 5.32 Å². The smallest absolute Gasteiger partial charge is 0.131 e. The monoisotopic (exact) mass is 287 g/mol. The van der Waals surface area contributed by atoms with E-state index in [-0.39, 0.29) is 0 Å². The van der Waals surface area contributed by atoms with E-state index in [0.717, 1.165) is 29.0 Å². The molecule has 0 aliphatic heterocycles. The largest absolute Gasteiger partial charge is 0.361 e. The SMILES string of the molecule is CCc1ccc2ccc(Nc3ccc4cc[nH]c4c3)nc2c1. The average Bonchev–Trinajstić information content (AvgIpc) is 3.02. The third-order valence-corrected chi connectivity index (χ3v) is 3.99. The van der Waals surface area contributed by atoms with Crippen LogP contribution in [0.4, 0.5) is 11.5 Å². The molecular weight excluding hydrogens is 270 g/mol. The number of fused-ring (bicyclic) bond motifs is 2. The van der Waals surface area contributed by atoms with Crippen molar-refractivity contribution in [3.05, 3.63) is 66.4 Å². The second-order valence-electron chi connectivity index (χ2n) is 5.48. The standard InChI is InChI=1S/C19H17N3/c1-2-13-3-4-14-6-8-19(22-18(14)11-13)21-16-7-5-15-9-10-20-17(15)12-16/h3-12,20H,2H2,1H3,(H,21,22). The summed E-state index contributed by atoms with van der Waals surface area (Å²) in [6.45, 7) is 2.16. The van der Waals surface area contributed by atoms with Crippen LogP contribution in [0.5, 0.6) is 0 Å². The summed E-state index contributed by atoms with van der Waals surface area (Å²) in [6.07, 6.45) is 2.98. The van der Waals surface area contributed by atoms with Gasteiger partial charge in [0.15, 0.2) is 0 Å². The van der Waals surface area contributed by atoms with E-state index >= 15 is 0 Å². The lowest BCUT2D eigenvalue weighted by atomic mass is 10.1. The van der Waals surface area contributed by atoms with E-state index in [1.165, 1.54) is 16.3 Å². The predicted molar refractivity (Wildman–Crippen MR) is 92.7 cm³/mol. The molecule has 4 aromatic rings. The lowest BCUT2D eigenvalue weighted by molar-refractivity contribution is 1.14. The molecule has 0 aliphatic carbocycles. The fraction of sp³-hybridized carbons (Fsp3) is 0.105. The Balaban J connectivity index is 1.70. The maximum absolute atomic E-state index is 4.73. The Morgan fingerprint density at radius 1 is 0.955 bits per heavy atom. The molecule has 0 saturated carbocycles. The van der Waals surface area contributed by atoms with Gasteiger partial charge < -0.3 is 10.3 Å².